The van der Waals surface area contributed by atoms with Crippen molar-refractivity contribution in [2.45, 2.75) is 43.2 Å². The van der Waals surface area contributed by atoms with E-state index < -0.39 is 18.4 Å². The maximum Gasteiger partial charge on any atom is 0.161 e. The normalized spacial score (nSPS) is 22.1. The van der Waals surface area contributed by atoms with Gasteiger partial charge >= 0.3 is 0 Å². The van der Waals surface area contributed by atoms with Crippen LogP contribution in [0.15, 0.2) is 109 Å². The first-order valence-electron chi connectivity index (χ1n) is 17.7. The fourth-order valence-corrected chi connectivity index (χ4v) is 8.48. The number of ether oxygens (including phenoxy) is 1. The standard InChI is InChI=1S/C43H40F2N2O2/c44-41-36-9-3-4-10-37(36)43(38-13-5-11-31(28-15-16-28)40(38)42(41)45)47-23-21-46(22-24-47)25-29(48)26-49-39-14-6-12-32-34-18-17-27-7-1-2-8-30(27)33(34)19-20-35(32)39/h1-14,17-20,28-29,41-43,48H,15-16,21-26H2/t29-,41?,42?,43?/m1/s1. The molecule has 2 fully saturated rings. The Kier molecular flexibility index (Phi) is 7.83. The number of hydrogen-bond acceptors (Lipinski definition) is 4. The van der Waals surface area contributed by atoms with Crippen LogP contribution in [0.25, 0.3) is 32.3 Å². The molecule has 4 nitrogen and oxygen atoms in total. The third-order valence-electron chi connectivity index (χ3n) is 11.0. The summed E-state index contributed by atoms with van der Waals surface area (Å²) < 4.78 is 38.2. The highest BCUT2D eigenvalue weighted by molar-refractivity contribution is 6.18. The zero-order chi connectivity index (χ0) is 33.1. The van der Waals surface area contributed by atoms with Crippen molar-refractivity contribution in [3.05, 3.63) is 137 Å². The van der Waals surface area contributed by atoms with Gasteiger partial charge in [-0.15, -0.1) is 0 Å². The van der Waals surface area contributed by atoms with Crippen molar-refractivity contribution in [2.75, 3.05) is 39.3 Å². The zero-order valence-corrected chi connectivity index (χ0v) is 27.4. The molecule has 6 heteroatoms. The molecule has 6 aromatic rings. The van der Waals surface area contributed by atoms with Crippen molar-refractivity contribution in [3.63, 3.8) is 0 Å². The summed E-state index contributed by atoms with van der Waals surface area (Å²) in [5, 5.41) is 18.1. The molecule has 2 aliphatic carbocycles. The molecule has 1 saturated carbocycles. The molecule has 4 atom stereocenters. The average molecular weight is 655 g/mol. The molecule has 3 unspecified atom stereocenters. The first-order valence-corrected chi connectivity index (χ1v) is 17.7. The largest absolute Gasteiger partial charge is 0.490 e. The van der Waals surface area contributed by atoms with Gasteiger partial charge in [-0.3, -0.25) is 9.80 Å². The lowest BCUT2D eigenvalue weighted by Crippen LogP contribution is -2.50. The summed E-state index contributed by atoms with van der Waals surface area (Å²) in [6.07, 6.45) is -1.94. The molecule has 1 heterocycles. The molecule has 0 spiro atoms. The summed E-state index contributed by atoms with van der Waals surface area (Å²) in [5.41, 5.74) is 3.79. The van der Waals surface area contributed by atoms with Crippen LogP contribution in [0.1, 0.15) is 65.0 Å². The quantitative estimate of drug-likeness (QED) is 0.174. The van der Waals surface area contributed by atoms with Gasteiger partial charge in [-0.2, -0.15) is 0 Å². The lowest BCUT2D eigenvalue weighted by atomic mass is 9.89. The van der Waals surface area contributed by atoms with Crippen LogP contribution >= 0.6 is 0 Å². The summed E-state index contributed by atoms with van der Waals surface area (Å²) in [4.78, 5) is 4.65. The van der Waals surface area contributed by atoms with Crippen molar-refractivity contribution in [1.82, 2.24) is 9.80 Å². The summed E-state index contributed by atoms with van der Waals surface area (Å²) in [5.74, 6) is 1.10. The number of fused-ring (bicyclic) bond motifs is 7. The van der Waals surface area contributed by atoms with Gasteiger partial charge in [0.2, 0.25) is 0 Å². The summed E-state index contributed by atoms with van der Waals surface area (Å²) in [7, 11) is 0. The Hall–Kier alpha value is -4.36. The number of piperazine rings is 1. The molecule has 3 aliphatic rings. The first-order chi connectivity index (χ1) is 24.0. The highest BCUT2D eigenvalue weighted by atomic mass is 19.2. The number of β-amino-alcohol motifs (C(OH)–C–C–N with tert-alkyl or cyclic N) is 1. The van der Waals surface area contributed by atoms with Crippen LogP contribution in [0.4, 0.5) is 8.78 Å². The number of hydrogen-bond donors (Lipinski definition) is 1. The van der Waals surface area contributed by atoms with Gasteiger partial charge in [0, 0.05) is 38.1 Å². The predicted molar refractivity (Wildman–Crippen MR) is 193 cm³/mol. The average Bonchev–Trinajstić information content (AvgIpc) is 4.00. The fourth-order valence-electron chi connectivity index (χ4n) is 8.48. The number of aliphatic hydroxyl groups is 1. The van der Waals surface area contributed by atoms with E-state index in [0.29, 0.717) is 23.6 Å². The van der Waals surface area contributed by atoms with Crippen molar-refractivity contribution in [1.29, 1.82) is 0 Å². The molecular formula is C43H40F2N2O2. The zero-order valence-electron chi connectivity index (χ0n) is 27.4. The third kappa shape index (κ3) is 5.47. The van der Waals surface area contributed by atoms with Crippen molar-refractivity contribution < 1.29 is 18.6 Å². The number of aliphatic hydroxyl groups excluding tert-OH is 1. The number of rotatable bonds is 7. The Morgan fingerprint density at radius 2 is 1.24 bits per heavy atom. The van der Waals surface area contributed by atoms with Crippen LogP contribution in [0, 0.1) is 0 Å². The van der Waals surface area contributed by atoms with Crippen molar-refractivity contribution in [3.8, 4) is 5.75 Å². The van der Waals surface area contributed by atoms with Crippen LogP contribution in [0.3, 0.4) is 0 Å². The molecule has 49 heavy (non-hydrogen) atoms. The minimum absolute atomic E-state index is 0.193. The SMILES string of the molecule is O[C@@H](COc1cccc2c1ccc1c3ccccc3ccc21)CN1CCN(C2c3ccccc3C(F)C(F)c3c(C4CC4)cccc32)CC1. The summed E-state index contributed by atoms with van der Waals surface area (Å²) >= 11 is 0. The second-order valence-corrected chi connectivity index (χ2v) is 14.1. The van der Waals surface area contributed by atoms with E-state index in [1.165, 1.54) is 21.5 Å². The molecule has 0 radical (unpaired) electrons. The first kappa shape index (κ1) is 30.7. The number of nitrogens with zero attached hydrogens (tertiary/aromatic N) is 2. The van der Waals surface area contributed by atoms with Gasteiger partial charge in [-0.05, 0) is 85.6 Å². The molecule has 0 bridgehead atoms. The number of halogens is 2. The van der Waals surface area contributed by atoms with Gasteiger partial charge < -0.3 is 9.84 Å². The van der Waals surface area contributed by atoms with Crippen molar-refractivity contribution >= 4 is 32.3 Å². The minimum Gasteiger partial charge on any atom is -0.490 e. The Bertz CT molecular complexity index is 2170. The predicted octanol–water partition coefficient (Wildman–Crippen LogP) is 9.21. The highest BCUT2D eigenvalue weighted by Crippen LogP contribution is 2.53. The molecule has 9 rings (SSSR count). The van der Waals surface area contributed by atoms with Gasteiger partial charge in [0.1, 0.15) is 18.5 Å². The molecule has 1 N–H and O–H groups in total. The van der Waals surface area contributed by atoms with Gasteiger partial charge in [-0.25, -0.2) is 8.78 Å². The monoisotopic (exact) mass is 654 g/mol. The van der Waals surface area contributed by atoms with E-state index in [1.807, 2.05) is 48.5 Å². The maximum atomic E-state index is 16.1. The summed E-state index contributed by atoms with van der Waals surface area (Å²) in [6.45, 7) is 3.66. The Balaban J connectivity index is 0.901. The van der Waals surface area contributed by atoms with E-state index >= 15 is 8.78 Å². The smallest absolute Gasteiger partial charge is 0.161 e. The fraction of sp³-hybridized carbons (Fsp3) is 0.302. The van der Waals surface area contributed by atoms with E-state index in [-0.39, 0.29) is 12.6 Å². The second-order valence-electron chi connectivity index (χ2n) is 14.1. The van der Waals surface area contributed by atoms with Gasteiger partial charge in [-0.1, -0.05) is 97.1 Å². The van der Waals surface area contributed by atoms with E-state index in [4.69, 9.17) is 4.74 Å². The molecule has 6 aromatic carbocycles. The third-order valence-corrected chi connectivity index (χ3v) is 11.0. The lowest BCUT2D eigenvalue weighted by molar-refractivity contribution is 0.0403. The molecule has 0 aromatic heterocycles. The van der Waals surface area contributed by atoms with Gasteiger partial charge in [0.25, 0.3) is 0 Å². The molecular weight excluding hydrogens is 614 g/mol. The highest BCUT2D eigenvalue weighted by Gasteiger charge is 2.42. The van der Waals surface area contributed by atoms with Gasteiger partial charge in [0.05, 0.1) is 6.04 Å². The van der Waals surface area contributed by atoms with Gasteiger partial charge in [0.15, 0.2) is 12.3 Å². The van der Waals surface area contributed by atoms with E-state index in [9.17, 15) is 5.11 Å². The Labute approximate surface area is 285 Å². The molecule has 1 saturated heterocycles. The van der Waals surface area contributed by atoms with Crippen LogP contribution in [0.5, 0.6) is 5.75 Å². The lowest BCUT2D eigenvalue weighted by Gasteiger charge is -2.40. The van der Waals surface area contributed by atoms with E-state index in [1.54, 1.807) is 6.07 Å². The molecule has 248 valence electrons. The molecule has 1 aliphatic heterocycles. The Morgan fingerprint density at radius 1 is 0.612 bits per heavy atom. The topological polar surface area (TPSA) is 35.9 Å². The Morgan fingerprint density at radius 3 is 2.08 bits per heavy atom. The summed E-state index contributed by atoms with van der Waals surface area (Å²) in [6, 6.07) is 36.5. The van der Waals surface area contributed by atoms with Crippen LogP contribution in [-0.2, 0) is 0 Å². The van der Waals surface area contributed by atoms with Crippen LogP contribution in [0.2, 0.25) is 0 Å². The van der Waals surface area contributed by atoms with Crippen LogP contribution < -0.4 is 4.74 Å². The van der Waals surface area contributed by atoms with Crippen molar-refractivity contribution in [2.24, 2.45) is 0 Å². The number of benzene rings is 6. The number of alkyl halides is 2. The minimum atomic E-state index is -1.68. The second kappa shape index (κ2) is 12.5. The molecule has 0 amide bonds. The van der Waals surface area contributed by atoms with Crippen LogP contribution in [-0.4, -0.2) is 60.3 Å². The van der Waals surface area contributed by atoms with E-state index in [2.05, 4.69) is 64.4 Å². The van der Waals surface area contributed by atoms with E-state index in [0.717, 1.165) is 72.2 Å². The maximum absolute atomic E-state index is 16.1.